The molecule has 2 heteroatoms. The van der Waals surface area contributed by atoms with Gasteiger partial charge in [-0.3, -0.25) is 0 Å². The first kappa shape index (κ1) is 22.3. The normalized spacial score (nSPS) is 19.3. The van der Waals surface area contributed by atoms with Gasteiger partial charge in [0.05, 0.1) is 5.56 Å². The highest BCUT2D eigenvalue weighted by molar-refractivity contribution is 5.64. The number of nitrogens with zero attached hydrogens (tertiary/aromatic N) is 1. The van der Waals surface area contributed by atoms with E-state index >= 15 is 0 Å². The van der Waals surface area contributed by atoms with Gasteiger partial charge in [0.1, 0.15) is 11.9 Å². The van der Waals surface area contributed by atoms with Crippen LogP contribution in [0.25, 0.3) is 11.1 Å². The fourth-order valence-corrected chi connectivity index (χ4v) is 5.19. The average molecular weight is 426 g/mol. The largest absolute Gasteiger partial charge is 0.206 e. The van der Waals surface area contributed by atoms with E-state index in [9.17, 15) is 4.39 Å². The monoisotopic (exact) mass is 425 g/mol. The van der Waals surface area contributed by atoms with Crippen LogP contribution in [-0.4, -0.2) is 0 Å². The molecule has 1 atom stereocenters. The predicted molar refractivity (Wildman–Crippen MR) is 130 cm³/mol. The van der Waals surface area contributed by atoms with Crippen LogP contribution in [0.3, 0.4) is 0 Å². The summed E-state index contributed by atoms with van der Waals surface area (Å²) in [6.07, 6.45) is 9.12. The van der Waals surface area contributed by atoms with Crippen molar-refractivity contribution in [1.82, 2.24) is 0 Å². The fourth-order valence-electron chi connectivity index (χ4n) is 5.19. The number of benzene rings is 3. The summed E-state index contributed by atoms with van der Waals surface area (Å²) in [4.78, 5) is 0. The molecule has 1 nitrogen and oxygen atoms in total. The molecular weight excluding hydrogens is 393 g/mol. The maximum absolute atomic E-state index is 13.9. The zero-order chi connectivity index (χ0) is 22.3. The van der Waals surface area contributed by atoms with Gasteiger partial charge in [-0.2, -0.15) is 5.26 Å². The van der Waals surface area contributed by atoms with E-state index in [0.717, 1.165) is 29.4 Å². The highest BCUT2D eigenvalue weighted by atomic mass is 19.1. The summed E-state index contributed by atoms with van der Waals surface area (Å²) in [7, 11) is 0. The minimum absolute atomic E-state index is 0.0922. The zero-order valence-corrected chi connectivity index (χ0v) is 18.9. The third-order valence-corrected chi connectivity index (χ3v) is 7.24. The molecule has 3 aromatic carbocycles. The first-order chi connectivity index (χ1) is 15.6. The molecule has 0 saturated heterocycles. The van der Waals surface area contributed by atoms with E-state index < -0.39 is 5.82 Å². The van der Waals surface area contributed by atoms with Crippen molar-refractivity contribution in [1.29, 1.82) is 5.26 Å². The average Bonchev–Trinajstić information content (AvgIpc) is 2.84. The number of halogens is 1. The molecule has 0 radical (unpaired) electrons. The lowest BCUT2D eigenvalue weighted by Crippen LogP contribution is -2.16. The van der Waals surface area contributed by atoms with E-state index in [1.54, 1.807) is 6.07 Å². The van der Waals surface area contributed by atoms with Crippen LogP contribution in [-0.2, 0) is 6.42 Å². The van der Waals surface area contributed by atoms with Crippen LogP contribution in [0.2, 0.25) is 0 Å². The maximum Gasteiger partial charge on any atom is 0.141 e. The summed E-state index contributed by atoms with van der Waals surface area (Å²) in [6, 6.07) is 26.1. The van der Waals surface area contributed by atoms with Crippen LogP contribution >= 0.6 is 0 Å². The smallest absolute Gasteiger partial charge is 0.141 e. The molecular formula is C30H32FN. The molecule has 1 fully saturated rings. The molecule has 0 unspecified atom stereocenters. The quantitative estimate of drug-likeness (QED) is 0.373. The molecule has 0 spiro atoms. The van der Waals surface area contributed by atoms with Crippen molar-refractivity contribution in [3.05, 3.63) is 95.3 Å². The van der Waals surface area contributed by atoms with Crippen LogP contribution in [0, 0.1) is 29.0 Å². The highest BCUT2D eigenvalue weighted by Crippen LogP contribution is 2.37. The number of aryl methyl sites for hydroxylation is 1. The van der Waals surface area contributed by atoms with Gasteiger partial charge in [0.15, 0.2) is 0 Å². The molecule has 1 aliphatic carbocycles. The lowest BCUT2D eigenvalue weighted by atomic mass is 9.75. The number of hydrogen-bond donors (Lipinski definition) is 0. The molecule has 32 heavy (non-hydrogen) atoms. The van der Waals surface area contributed by atoms with Gasteiger partial charge in [0.25, 0.3) is 0 Å². The van der Waals surface area contributed by atoms with Crippen molar-refractivity contribution < 1.29 is 4.39 Å². The van der Waals surface area contributed by atoms with Gasteiger partial charge < -0.3 is 0 Å². The van der Waals surface area contributed by atoms with Gasteiger partial charge >= 0.3 is 0 Å². The Labute approximate surface area is 191 Å². The van der Waals surface area contributed by atoms with Gasteiger partial charge in [-0.1, -0.05) is 93.3 Å². The van der Waals surface area contributed by atoms with Gasteiger partial charge in [-0.15, -0.1) is 0 Å². The molecule has 0 N–H and O–H groups in total. The van der Waals surface area contributed by atoms with E-state index in [2.05, 4.69) is 61.5 Å². The van der Waals surface area contributed by atoms with Crippen LogP contribution < -0.4 is 0 Å². The molecule has 0 bridgehead atoms. The summed E-state index contributed by atoms with van der Waals surface area (Å²) in [5, 5.41) is 8.89. The standard InChI is InChI=1S/C30H32FN/c1-22(26-5-3-2-4-6-26)19-25-11-9-23(10-12-25)7-8-24-13-15-27(16-14-24)28-17-18-29(21-32)30(31)20-28/h2-6,13-18,20,22-23,25H,7-12,19H2,1H3/t22-,23?,25?/m0/s1. The van der Waals surface area contributed by atoms with E-state index in [1.807, 2.05) is 12.1 Å². The van der Waals surface area contributed by atoms with Crippen molar-refractivity contribution >= 4 is 0 Å². The Hall–Kier alpha value is -2.92. The van der Waals surface area contributed by atoms with Gasteiger partial charge in [0, 0.05) is 0 Å². The fraction of sp³-hybridized carbons (Fsp3) is 0.367. The zero-order valence-electron chi connectivity index (χ0n) is 18.9. The SMILES string of the molecule is C[C@@H](CC1CCC(CCc2ccc(-c3ccc(C#N)c(F)c3)cc2)CC1)c1ccccc1. The topological polar surface area (TPSA) is 23.8 Å². The lowest BCUT2D eigenvalue weighted by molar-refractivity contribution is 0.245. The Kier molecular flexibility index (Phi) is 7.38. The maximum atomic E-state index is 13.9. The van der Waals surface area contributed by atoms with E-state index in [-0.39, 0.29) is 5.56 Å². The molecule has 0 aliphatic heterocycles. The van der Waals surface area contributed by atoms with Gasteiger partial charge in [-0.25, -0.2) is 4.39 Å². The minimum atomic E-state index is -0.456. The summed E-state index contributed by atoms with van der Waals surface area (Å²) < 4.78 is 13.9. The number of hydrogen-bond acceptors (Lipinski definition) is 1. The Morgan fingerprint density at radius 1 is 0.875 bits per heavy atom. The number of rotatable bonds is 7. The second-order valence-electron chi connectivity index (χ2n) is 9.48. The second-order valence-corrected chi connectivity index (χ2v) is 9.48. The van der Waals surface area contributed by atoms with E-state index in [4.69, 9.17) is 5.26 Å². The molecule has 1 aliphatic rings. The minimum Gasteiger partial charge on any atom is -0.206 e. The highest BCUT2D eigenvalue weighted by Gasteiger charge is 2.23. The Balaban J connectivity index is 1.23. The van der Waals surface area contributed by atoms with Crippen LogP contribution in [0.4, 0.5) is 4.39 Å². The number of nitriles is 1. The Bertz CT molecular complexity index is 1040. The van der Waals surface area contributed by atoms with E-state index in [0.29, 0.717) is 5.92 Å². The van der Waals surface area contributed by atoms with Crippen LogP contribution in [0.1, 0.15) is 68.1 Å². The van der Waals surface area contributed by atoms with Crippen LogP contribution in [0.15, 0.2) is 72.8 Å². The van der Waals surface area contributed by atoms with Gasteiger partial charge in [-0.05, 0) is 71.4 Å². The molecule has 164 valence electrons. The van der Waals surface area contributed by atoms with E-state index in [1.165, 1.54) is 55.7 Å². The van der Waals surface area contributed by atoms with Crippen molar-refractivity contribution in [2.75, 3.05) is 0 Å². The summed E-state index contributed by atoms with van der Waals surface area (Å²) >= 11 is 0. The molecule has 0 amide bonds. The predicted octanol–water partition coefficient (Wildman–Crippen LogP) is 8.30. The summed E-state index contributed by atoms with van der Waals surface area (Å²) in [6.45, 7) is 2.37. The Morgan fingerprint density at radius 3 is 2.19 bits per heavy atom. The lowest BCUT2D eigenvalue weighted by Gasteiger charge is -2.30. The molecule has 0 aromatic heterocycles. The molecule has 1 saturated carbocycles. The Morgan fingerprint density at radius 2 is 1.53 bits per heavy atom. The van der Waals surface area contributed by atoms with Crippen molar-refractivity contribution in [3.63, 3.8) is 0 Å². The van der Waals surface area contributed by atoms with Gasteiger partial charge in [0.2, 0.25) is 0 Å². The van der Waals surface area contributed by atoms with Crippen molar-refractivity contribution in [2.24, 2.45) is 11.8 Å². The van der Waals surface area contributed by atoms with Crippen molar-refractivity contribution in [3.8, 4) is 17.2 Å². The van der Waals surface area contributed by atoms with Crippen LogP contribution in [0.5, 0.6) is 0 Å². The first-order valence-electron chi connectivity index (χ1n) is 12.0. The first-order valence-corrected chi connectivity index (χ1v) is 12.0. The molecule has 4 rings (SSSR count). The third-order valence-electron chi connectivity index (χ3n) is 7.24. The molecule has 3 aromatic rings. The second kappa shape index (κ2) is 10.6. The molecule has 0 heterocycles. The summed E-state index contributed by atoms with van der Waals surface area (Å²) in [5.41, 5.74) is 4.72. The third kappa shape index (κ3) is 5.65. The van der Waals surface area contributed by atoms with Crippen molar-refractivity contribution in [2.45, 2.75) is 57.8 Å². The summed E-state index contributed by atoms with van der Waals surface area (Å²) in [5.74, 6) is 1.91.